The topological polar surface area (TPSA) is 81.6 Å². The molecule has 21 heavy (non-hydrogen) atoms. The van der Waals surface area contributed by atoms with E-state index in [1.807, 2.05) is 51.8 Å². The van der Waals surface area contributed by atoms with Gasteiger partial charge in [-0.2, -0.15) is 14.0 Å². The van der Waals surface area contributed by atoms with E-state index in [0.29, 0.717) is 5.69 Å². The molecule has 0 radical (unpaired) electrons. The smallest absolute Gasteiger partial charge is 0.276 e. The number of quaternary nitrogens is 1. The first-order chi connectivity index (χ1) is 9.47. The van der Waals surface area contributed by atoms with Crippen molar-refractivity contribution in [2.24, 2.45) is 5.92 Å². The van der Waals surface area contributed by atoms with E-state index in [2.05, 4.69) is 0 Å². The third-order valence-corrected chi connectivity index (χ3v) is 4.63. The lowest BCUT2D eigenvalue weighted by Gasteiger charge is -2.32. The fourth-order valence-corrected chi connectivity index (χ4v) is 3.82. The number of anilines is 1. The summed E-state index contributed by atoms with van der Waals surface area (Å²) in [6.45, 7) is 7.90. The number of aryl methyl sites for hydroxylation is 2. The number of benzene rings is 1. The predicted octanol–water partition coefficient (Wildman–Crippen LogP) is -0.499. The fraction of sp³-hybridized carbons (Fsp3) is 0.571. The number of hydroxylamine groups is 2. The highest BCUT2D eigenvalue weighted by Gasteiger charge is 2.59. The van der Waals surface area contributed by atoms with Crippen LogP contribution in [0.3, 0.4) is 0 Å². The van der Waals surface area contributed by atoms with Crippen LogP contribution in [0.15, 0.2) is 12.1 Å². The van der Waals surface area contributed by atoms with Crippen LogP contribution in [0, 0.1) is 30.0 Å². The molecule has 0 aliphatic carbocycles. The Morgan fingerprint density at radius 1 is 1.19 bits per heavy atom. The van der Waals surface area contributed by atoms with Gasteiger partial charge in [0.1, 0.15) is 23.0 Å². The highest BCUT2D eigenvalue weighted by Crippen LogP contribution is 2.47. The molecule has 2 atom stereocenters. The van der Waals surface area contributed by atoms with Crippen LogP contribution in [-0.2, 0) is 4.39 Å². The Kier molecular flexibility index (Phi) is 3.99. The molecule has 2 rings (SSSR count). The van der Waals surface area contributed by atoms with Gasteiger partial charge in [-0.15, -0.1) is 0 Å². The Bertz CT molecular complexity index is 559. The molecule has 1 heterocycles. The summed E-state index contributed by atoms with van der Waals surface area (Å²) in [6, 6.07) is 3.89. The van der Waals surface area contributed by atoms with E-state index >= 15 is 0 Å². The molecular formula is C14H22ClN2O4+. The minimum atomic E-state index is -4.53. The fourth-order valence-electron chi connectivity index (χ4n) is 3.31. The van der Waals surface area contributed by atoms with Crippen LogP contribution >= 0.6 is 0 Å². The standard InChI is InChI=1S/C14H22ClN2O4/c1-9(2)14-16(5)12-7-10(3)11(4)8-13(12)17(14,6)21-15(18,19)20/h7-9,14H,1-6H3/q+1. The van der Waals surface area contributed by atoms with E-state index in [1.165, 1.54) is 0 Å². The maximum absolute atomic E-state index is 11.2. The third kappa shape index (κ3) is 2.75. The lowest BCUT2D eigenvalue weighted by molar-refractivity contribution is -1.92. The van der Waals surface area contributed by atoms with Crippen molar-refractivity contribution in [2.75, 3.05) is 19.0 Å². The summed E-state index contributed by atoms with van der Waals surface area (Å²) >= 11 is 0. The van der Waals surface area contributed by atoms with Crippen molar-refractivity contribution >= 4 is 11.4 Å². The lowest BCUT2D eigenvalue weighted by Crippen LogP contribution is -2.70. The largest absolute Gasteiger partial charge is 0.317 e. The van der Waals surface area contributed by atoms with Gasteiger partial charge in [-0.3, -0.25) is 0 Å². The second kappa shape index (κ2) is 5.08. The third-order valence-electron chi connectivity index (χ3n) is 4.17. The zero-order valence-electron chi connectivity index (χ0n) is 13.2. The van der Waals surface area contributed by atoms with E-state index in [1.54, 1.807) is 7.05 Å². The Labute approximate surface area is 127 Å². The van der Waals surface area contributed by atoms with Crippen LogP contribution < -0.4 is 23.5 Å². The predicted molar refractivity (Wildman–Crippen MR) is 71.7 cm³/mol. The highest BCUT2D eigenvalue weighted by atomic mass is 35.7. The molecule has 0 saturated heterocycles. The first kappa shape index (κ1) is 16.5. The van der Waals surface area contributed by atoms with Crippen LogP contribution in [0.5, 0.6) is 0 Å². The average Bonchev–Trinajstić information content (AvgIpc) is 2.47. The van der Waals surface area contributed by atoms with Crippen LogP contribution in [-0.4, -0.2) is 20.3 Å². The molecule has 0 spiro atoms. The number of nitrogens with zero attached hydrogens (tertiary/aromatic N) is 2. The van der Waals surface area contributed by atoms with Gasteiger partial charge < -0.3 is 4.90 Å². The maximum Gasteiger partial charge on any atom is 0.276 e. The van der Waals surface area contributed by atoms with Crippen molar-refractivity contribution in [2.45, 2.75) is 33.9 Å². The Balaban J connectivity index is 2.64. The van der Waals surface area contributed by atoms with Gasteiger partial charge in [0.05, 0.1) is 0 Å². The minimum absolute atomic E-state index is 0.0879. The van der Waals surface area contributed by atoms with Crippen LogP contribution in [0.1, 0.15) is 25.0 Å². The molecule has 1 aliphatic heterocycles. The normalized spacial score (nSPS) is 25.6. The summed E-state index contributed by atoms with van der Waals surface area (Å²) in [5.74, 6) is 0.0879. The number of halogens is 1. The van der Waals surface area contributed by atoms with Gasteiger partial charge in [-0.05, 0) is 31.0 Å². The number of fused-ring (bicyclic) bond motifs is 1. The molecule has 1 aromatic rings. The Morgan fingerprint density at radius 2 is 1.71 bits per heavy atom. The Morgan fingerprint density at radius 3 is 2.19 bits per heavy atom. The summed E-state index contributed by atoms with van der Waals surface area (Å²) in [6.07, 6.45) is -0.294. The van der Waals surface area contributed by atoms with E-state index in [9.17, 15) is 14.0 Å². The lowest BCUT2D eigenvalue weighted by atomic mass is 10.1. The molecule has 0 fully saturated rings. The molecular weight excluding hydrogens is 296 g/mol. The van der Waals surface area contributed by atoms with Crippen molar-refractivity contribution in [3.05, 3.63) is 23.3 Å². The molecule has 0 amide bonds. The number of hydrogen-bond acceptors (Lipinski definition) is 5. The van der Waals surface area contributed by atoms with Crippen LogP contribution in [0.2, 0.25) is 0 Å². The van der Waals surface area contributed by atoms with Gasteiger partial charge in [0, 0.05) is 23.7 Å². The molecule has 7 heteroatoms. The molecule has 1 aliphatic rings. The zero-order valence-corrected chi connectivity index (χ0v) is 14.0. The highest BCUT2D eigenvalue weighted by molar-refractivity contribution is 5.75. The zero-order chi connectivity index (χ0) is 16.2. The number of rotatable bonds is 3. The van der Waals surface area contributed by atoms with Gasteiger partial charge in [0.2, 0.25) is 11.9 Å². The van der Waals surface area contributed by atoms with Gasteiger partial charge in [-0.25, -0.2) is 0 Å². The second-order valence-electron chi connectivity index (χ2n) is 6.13. The SMILES string of the molecule is Cc1cc2c(cc1C)[N+](C)(O[Cl+3]([O-])([O-])[O-])C(C(C)C)N2C. The van der Waals surface area contributed by atoms with Crippen molar-refractivity contribution in [3.63, 3.8) is 0 Å². The molecule has 6 nitrogen and oxygen atoms in total. The van der Waals surface area contributed by atoms with Crippen molar-refractivity contribution in [1.29, 1.82) is 0 Å². The average molecular weight is 318 g/mol. The second-order valence-corrected chi connectivity index (χ2v) is 7.02. The van der Waals surface area contributed by atoms with Crippen LogP contribution in [0.4, 0.5) is 11.4 Å². The Hall–Kier alpha value is -0.890. The molecule has 0 bridgehead atoms. The van der Waals surface area contributed by atoms with Gasteiger partial charge in [-0.1, -0.05) is 13.8 Å². The number of hydrogen-bond donors (Lipinski definition) is 0. The molecule has 2 unspecified atom stereocenters. The molecule has 0 aromatic heterocycles. The molecule has 0 saturated carbocycles. The minimum Gasteiger partial charge on any atom is -0.317 e. The quantitative estimate of drug-likeness (QED) is 0.702. The molecule has 0 N–H and O–H groups in total. The van der Waals surface area contributed by atoms with E-state index in [0.717, 1.165) is 16.8 Å². The summed E-state index contributed by atoms with van der Waals surface area (Å²) in [4.78, 5) is 1.98. The summed E-state index contributed by atoms with van der Waals surface area (Å²) in [5, 5.41) is 0. The summed E-state index contributed by atoms with van der Waals surface area (Å²) < 4.78 is 38.1. The van der Waals surface area contributed by atoms with E-state index < -0.39 is 14.9 Å². The monoisotopic (exact) mass is 317 g/mol. The first-order valence-corrected chi connectivity index (χ1v) is 8.03. The van der Waals surface area contributed by atoms with E-state index in [4.69, 9.17) is 4.39 Å². The summed E-state index contributed by atoms with van der Waals surface area (Å²) in [7, 11) is -1.03. The van der Waals surface area contributed by atoms with Crippen molar-refractivity contribution in [3.8, 4) is 0 Å². The van der Waals surface area contributed by atoms with Crippen molar-refractivity contribution in [1.82, 2.24) is 4.65 Å². The van der Waals surface area contributed by atoms with Crippen molar-refractivity contribution < 1.29 is 28.6 Å². The molecule has 118 valence electrons. The van der Waals surface area contributed by atoms with Gasteiger partial charge >= 0.3 is 0 Å². The maximum atomic E-state index is 11.2. The van der Waals surface area contributed by atoms with Gasteiger partial charge in [0.15, 0.2) is 0 Å². The first-order valence-electron chi connectivity index (χ1n) is 6.80. The summed E-state index contributed by atoms with van der Waals surface area (Å²) in [5.41, 5.74) is 3.71. The van der Waals surface area contributed by atoms with Crippen LogP contribution in [0.25, 0.3) is 0 Å². The van der Waals surface area contributed by atoms with Gasteiger partial charge in [0.25, 0.3) is 4.39 Å². The molecule has 1 aromatic carbocycles. The van der Waals surface area contributed by atoms with E-state index in [-0.39, 0.29) is 12.1 Å².